The fourth-order valence-corrected chi connectivity index (χ4v) is 2.63. The highest BCUT2D eigenvalue weighted by Gasteiger charge is 2.42. The number of benzene rings is 1. The number of hydrogen-bond donors (Lipinski definition) is 1. The second-order valence-corrected chi connectivity index (χ2v) is 4.94. The van der Waals surface area contributed by atoms with Gasteiger partial charge in [-0.3, -0.25) is 9.59 Å². The van der Waals surface area contributed by atoms with Crippen molar-refractivity contribution < 1.29 is 19.1 Å². The Hall–Kier alpha value is -2.20. The van der Waals surface area contributed by atoms with E-state index in [0.717, 1.165) is 5.76 Å². The van der Waals surface area contributed by atoms with Crippen molar-refractivity contribution in [2.24, 2.45) is 5.92 Å². The highest BCUT2D eigenvalue weighted by molar-refractivity contribution is 6.26. The molecule has 1 N–H and O–H groups in total. The molecule has 0 fully saturated rings. The molecule has 1 unspecified atom stereocenters. The number of carbonyl (C=O) groups excluding carboxylic acids is 2. The monoisotopic (exact) mass is 270 g/mol. The second-order valence-electron chi connectivity index (χ2n) is 4.94. The molecule has 2 aromatic rings. The Kier molecular flexibility index (Phi) is 3.24. The molecule has 0 saturated heterocycles. The lowest BCUT2D eigenvalue weighted by atomic mass is 9.93. The van der Waals surface area contributed by atoms with Crippen LogP contribution in [0.4, 0.5) is 0 Å². The summed E-state index contributed by atoms with van der Waals surface area (Å²) in [4.78, 5) is 24.4. The molecule has 102 valence electrons. The highest BCUT2D eigenvalue weighted by atomic mass is 16.3. The Morgan fingerprint density at radius 3 is 2.25 bits per heavy atom. The number of carbonyl (C=O) groups is 2. The topological polar surface area (TPSA) is 67.5 Å². The van der Waals surface area contributed by atoms with Crippen LogP contribution in [-0.2, 0) is 6.42 Å². The molecule has 0 amide bonds. The number of hydrogen-bond acceptors (Lipinski definition) is 4. The van der Waals surface area contributed by atoms with Gasteiger partial charge in [0.05, 0.1) is 12.4 Å². The van der Waals surface area contributed by atoms with Crippen LogP contribution in [-0.4, -0.2) is 22.8 Å². The first-order valence-electron chi connectivity index (χ1n) is 6.56. The predicted octanol–water partition coefficient (Wildman–Crippen LogP) is 2.27. The van der Waals surface area contributed by atoms with Crippen molar-refractivity contribution in [3.05, 3.63) is 59.5 Å². The van der Waals surface area contributed by atoms with Crippen LogP contribution in [0.5, 0.6) is 0 Å². The van der Waals surface area contributed by atoms with Crippen LogP contribution < -0.4 is 0 Å². The molecule has 1 heterocycles. The lowest BCUT2D eigenvalue weighted by Gasteiger charge is -2.14. The Morgan fingerprint density at radius 2 is 1.70 bits per heavy atom. The molecule has 3 rings (SSSR count). The fraction of sp³-hybridized carbons (Fsp3) is 0.250. The molecular weight excluding hydrogens is 256 g/mol. The minimum absolute atomic E-state index is 0.280. The molecule has 0 radical (unpaired) electrons. The standard InChI is InChI=1S/C16H14O4/c17-13(8-7-10-4-3-9-20-10)14-15(18)11-5-1-2-6-12(11)16(14)19/h1-6,9,13-14,17H,7-8H2. The molecule has 0 aliphatic heterocycles. The molecule has 1 aromatic heterocycles. The van der Waals surface area contributed by atoms with E-state index in [1.807, 2.05) is 0 Å². The van der Waals surface area contributed by atoms with Gasteiger partial charge in [-0.1, -0.05) is 24.3 Å². The smallest absolute Gasteiger partial charge is 0.177 e. The summed E-state index contributed by atoms with van der Waals surface area (Å²) in [5.74, 6) is -0.795. The fourth-order valence-electron chi connectivity index (χ4n) is 2.63. The first-order chi connectivity index (χ1) is 9.68. The summed E-state index contributed by atoms with van der Waals surface area (Å²) >= 11 is 0. The summed E-state index contributed by atoms with van der Waals surface area (Å²) in [6, 6.07) is 10.3. The molecule has 0 bridgehead atoms. The van der Waals surface area contributed by atoms with Crippen LogP contribution >= 0.6 is 0 Å². The molecule has 1 aromatic carbocycles. The van der Waals surface area contributed by atoms with Crippen molar-refractivity contribution in [1.82, 2.24) is 0 Å². The van der Waals surface area contributed by atoms with Crippen molar-refractivity contribution in [1.29, 1.82) is 0 Å². The maximum atomic E-state index is 12.2. The largest absolute Gasteiger partial charge is 0.469 e. The summed E-state index contributed by atoms with van der Waals surface area (Å²) in [6.07, 6.45) is 1.40. The lowest BCUT2D eigenvalue weighted by Crippen LogP contribution is -2.30. The molecule has 0 saturated carbocycles. The van der Waals surface area contributed by atoms with E-state index in [4.69, 9.17) is 4.42 Å². The van der Waals surface area contributed by atoms with Crippen molar-refractivity contribution in [2.75, 3.05) is 0 Å². The number of aryl methyl sites for hydroxylation is 1. The van der Waals surface area contributed by atoms with Gasteiger partial charge in [0.1, 0.15) is 11.7 Å². The van der Waals surface area contributed by atoms with E-state index in [1.165, 1.54) is 0 Å². The van der Waals surface area contributed by atoms with E-state index >= 15 is 0 Å². The van der Waals surface area contributed by atoms with Crippen LogP contribution in [0.2, 0.25) is 0 Å². The molecule has 1 aliphatic carbocycles. The zero-order valence-electron chi connectivity index (χ0n) is 10.8. The van der Waals surface area contributed by atoms with Gasteiger partial charge in [0.15, 0.2) is 11.6 Å². The summed E-state index contributed by atoms with van der Waals surface area (Å²) < 4.78 is 5.18. The van der Waals surface area contributed by atoms with E-state index in [0.29, 0.717) is 24.0 Å². The maximum absolute atomic E-state index is 12.2. The van der Waals surface area contributed by atoms with Gasteiger partial charge in [-0.15, -0.1) is 0 Å². The van der Waals surface area contributed by atoms with Gasteiger partial charge in [0.25, 0.3) is 0 Å². The number of ketones is 2. The van der Waals surface area contributed by atoms with E-state index in [2.05, 4.69) is 0 Å². The molecule has 1 aliphatic rings. The third-order valence-corrected chi connectivity index (χ3v) is 3.67. The van der Waals surface area contributed by atoms with Gasteiger partial charge >= 0.3 is 0 Å². The minimum Gasteiger partial charge on any atom is -0.469 e. The van der Waals surface area contributed by atoms with Gasteiger partial charge < -0.3 is 9.52 Å². The first kappa shape index (κ1) is 12.8. The van der Waals surface area contributed by atoms with E-state index < -0.39 is 12.0 Å². The zero-order valence-corrected chi connectivity index (χ0v) is 10.8. The number of aliphatic hydroxyl groups excluding tert-OH is 1. The average Bonchev–Trinajstić information content (AvgIpc) is 3.05. The van der Waals surface area contributed by atoms with Gasteiger partial charge in [0.2, 0.25) is 0 Å². The highest BCUT2D eigenvalue weighted by Crippen LogP contribution is 2.30. The number of fused-ring (bicyclic) bond motifs is 1. The van der Waals surface area contributed by atoms with Crippen LogP contribution in [0.15, 0.2) is 47.1 Å². The molecule has 4 heteroatoms. The SMILES string of the molecule is O=C1c2ccccc2C(=O)C1C(O)CCc1ccco1. The lowest BCUT2D eigenvalue weighted by molar-refractivity contribution is 0.0590. The zero-order chi connectivity index (χ0) is 14.1. The number of rotatable bonds is 4. The molecular formula is C16H14O4. The summed E-state index contributed by atoms with van der Waals surface area (Å²) in [7, 11) is 0. The second kappa shape index (κ2) is 5.06. The summed E-state index contributed by atoms with van der Waals surface area (Å²) in [5.41, 5.74) is 0.832. The van der Waals surface area contributed by atoms with Gasteiger partial charge in [-0.05, 0) is 18.6 Å². The van der Waals surface area contributed by atoms with Crippen molar-refractivity contribution in [3.8, 4) is 0 Å². The number of furan rings is 1. The Bertz CT molecular complexity index is 607. The maximum Gasteiger partial charge on any atom is 0.177 e. The first-order valence-corrected chi connectivity index (χ1v) is 6.56. The summed E-state index contributed by atoms with van der Waals surface area (Å²) in [5, 5.41) is 10.2. The van der Waals surface area contributed by atoms with E-state index in [1.54, 1.807) is 42.7 Å². The van der Waals surface area contributed by atoms with Crippen LogP contribution in [0.25, 0.3) is 0 Å². The average molecular weight is 270 g/mol. The van der Waals surface area contributed by atoms with Gasteiger partial charge in [-0.2, -0.15) is 0 Å². The van der Waals surface area contributed by atoms with Gasteiger partial charge in [-0.25, -0.2) is 0 Å². The number of Topliss-reactive ketones (excluding diaryl/α,β-unsaturated/α-hetero) is 2. The van der Waals surface area contributed by atoms with Crippen LogP contribution in [0.3, 0.4) is 0 Å². The molecule has 20 heavy (non-hydrogen) atoms. The minimum atomic E-state index is -0.979. The number of aliphatic hydroxyl groups is 1. The van der Waals surface area contributed by atoms with Crippen molar-refractivity contribution in [3.63, 3.8) is 0 Å². The Morgan fingerprint density at radius 1 is 1.05 bits per heavy atom. The van der Waals surface area contributed by atoms with Crippen LogP contribution in [0, 0.1) is 5.92 Å². The normalized spacial score (nSPS) is 16.4. The van der Waals surface area contributed by atoms with Gasteiger partial charge in [0, 0.05) is 17.5 Å². The van der Waals surface area contributed by atoms with Crippen LogP contribution in [0.1, 0.15) is 32.9 Å². The van der Waals surface area contributed by atoms with E-state index in [-0.39, 0.29) is 11.6 Å². The van der Waals surface area contributed by atoms with Crippen molar-refractivity contribution >= 4 is 11.6 Å². The third kappa shape index (κ3) is 2.08. The quantitative estimate of drug-likeness (QED) is 0.865. The van der Waals surface area contributed by atoms with Crippen molar-refractivity contribution in [2.45, 2.75) is 18.9 Å². The Labute approximate surface area is 116 Å². The molecule has 4 nitrogen and oxygen atoms in total. The third-order valence-electron chi connectivity index (χ3n) is 3.67. The Balaban J connectivity index is 1.75. The summed E-state index contributed by atoms with van der Waals surface area (Å²) in [6.45, 7) is 0. The molecule has 0 spiro atoms. The predicted molar refractivity (Wildman–Crippen MR) is 71.6 cm³/mol. The van der Waals surface area contributed by atoms with E-state index in [9.17, 15) is 14.7 Å². The molecule has 1 atom stereocenters.